The zero-order valence-electron chi connectivity index (χ0n) is 10.4. The molecule has 0 radical (unpaired) electrons. The molecule has 7 heteroatoms. The van der Waals surface area contributed by atoms with E-state index >= 15 is 0 Å². The predicted molar refractivity (Wildman–Crippen MR) is 68.6 cm³/mol. The number of primary amides is 1. The van der Waals surface area contributed by atoms with E-state index in [9.17, 15) is 14.4 Å². The second kappa shape index (κ2) is 6.39. The number of hydrogen-bond acceptors (Lipinski definition) is 3. The number of benzene rings is 1. The van der Waals surface area contributed by atoms with E-state index in [1.54, 1.807) is 30.3 Å². The van der Waals surface area contributed by atoms with Gasteiger partial charge in [0.15, 0.2) is 0 Å². The minimum Gasteiger partial charge on any atom is -0.480 e. The van der Waals surface area contributed by atoms with Crippen molar-refractivity contribution in [2.24, 2.45) is 5.73 Å². The Morgan fingerprint density at radius 1 is 1.16 bits per heavy atom. The van der Waals surface area contributed by atoms with Crippen molar-refractivity contribution >= 4 is 23.6 Å². The second-order valence-corrected chi connectivity index (χ2v) is 3.92. The average Bonchev–Trinajstić information content (AvgIpc) is 2.35. The summed E-state index contributed by atoms with van der Waals surface area (Å²) < 4.78 is 0. The summed E-state index contributed by atoms with van der Waals surface area (Å²) in [4.78, 5) is 35.8. The number of carboxylic acids is 1. The van der Waals surface area contributed by atoms with Crippen LogP contribution in [0.3, 0.4) is 0 Å². The van der Waals surface area contributed by atoms with Gasteiger partial charge in [0.05, 0.1) is 0 Å². The number of hydrogen-bond donors (Lipinski definition) is 2. The molecule has 1 rings (SSSR count). The van der Waals surface area contributed by atoms with E-state index in [1.165, 1.54) is 7.05 Å². The highest BCUT2D eigenvalue weighted by molar-refractivity contribution is 5.97. The van der Waals surface area contributed by atoms with Crippen LogP contribution < -0.4 is 10.6 Å². The van der Waals surface area contributed by atoms with E-state index in [1.807, 2.05) is 0 Å². The summed E-state index contributed by atoms with van der Waals surface area (Å²) in [6.45, 7) is -0.770. The molecule has 0 bridgehead atoms. The van der Waals surface area contributed by atoms with E-state index in [2.05, 4.69) is 0 Å². The second-order valence-electron chi connectivity index (χ2n) is 3.92. The van der Waals surface area contributed by atoms with Gasteiger partial charge in [-0.25, -0.2) is 4.79 Å². The monoisotopic (exact) mass is 265 g/mol. The van der Waals surface area contributed by atoms with E-state index in [4.69, 9.17) is 10.8 Å². The number of carboxylic acid groups (broad SMARTS) is 1. The van der Waals surface area contributed by atoms with Gasteiger partial charge in [0.1, 0.15) is 13.1 Å². The highest BCUT2D eigenvalue weighted by Crippen LogP contribution is 2.14. The van der Waals surface area contributed by atoms with Gasteiger partial charge in [-0.05, 0) is 12.1 Å². The zero-order chi connectivity index (χ0) is 14.4. The Balaban J connectivity index is 2.94. The molecule has 19 heavy (non-hydrogen) atoms. The van der Waals surface area contributed by atoms with Gasteiger partial charge in [0.25, 0.3) is 0 Å². The number of para-hydroxylation sites is 1. The number of likely N-dealkylation sites (N-methyl/N-ethyl adjacent to an activating group) is 1. The Morgan fingerprint density at radius 3 is 2.21 bits per heavy atom. The number of aliphatic carboxylic acids is 1. The Kier molecular flexibility index (Phi) is 4.87. The van der Waals surface area contributed by atoms with E-state index in [0.717, 1.165) is 9.80 Å². The smallest absolute Gasteiger partial charge is 0.325 e. The van der Waals surface area contributed by atoms with Crippen LogP contribution in [0.15, 0.2) is 30.3 Å². The Bertz CT molecular complexity index is 475. The molecule has 0 fully saturated rings. The molecule has 3 N–H and O–H groups in total. The quantitative estimate of drug-likeness (QED) is 0.788. The summed E-state index contributed by atoms with van der Waals surface area (Å²) in [6.07, 6.45) is 0. The molecule has 0 aliphatic carbocycles. The topological polar surface area (TPSA) is 104 Å². The average molecular weight is 265 g/mol. The van der Waals surface area contributed by atoms with Crippen LogP contribution in [0.4, 0.5) is 10.5 Å². The van der Waals surface area contributed by atoms with E-state index in [0.29, 0.717) is 5.69 Å². The first-order chi connectivity index (χ1) is 8.91. The lowest BCUT2D eigenvalue weighted by Gasteiger charge is -2.26. The highest BCUT2D eigenvalue weighted by atomic mass is 16.4. The minimum absolute atomic E-state index is 0.276. The molecule has 0 unspecified atom stereocenters. The third-order valence-corrected chi connectivity index (χ3v) is 2.31. The minimum atomic E-state index is -1.15. The van der Waals surface area contributed by atoms with Gasteiger partial charge in [-0.3, -0.25) is 14.5 Å². The van der Waals surface area contributed by atoms with Gasteiger partial charge in [-0.15, -0.1) is 0 Å². The van der Waals surface area contributed by atoms with Crippen molar-refractivity contribution < 1.29 is 19.5 Å². The fourth-order valence-corrected chi connectivity index (χ4v) is 1.52. The van der Waals surface area contributed by atoms with Crippen molar-refractivity contribution in [1.82, 2.24) is 4.90 Å². The van der Waals surface area contributed by atoms with Crippen LogP contribution in [0.25, 0.3) is 0 Å². The van der Waals surface area contributed by atoms with Crippen LogP contribution in [0.1, 0.15) is 0 Å². The molecule has 0 saturated carbocycles. The molecule has 7 nitrogen and oxygen atoms in total. The number of anilines is 1. The predicted octanol–water partition coefficient (Wildman–Crippen LogP) is 0.115. The highest BCUT2D eigenvalue weighted by Gasteiger charge is 2.22. The van der Waals surface area contributed by atoms with Crippen LogP contribution in [-0.4, -0.2) is 48.1 Å². The fraction of sp³-hybridized carbons (Fsp3) is 0.250. The van der Waals surface area contributed by atoms with Crippen LogP contribution in [-0.2, 0) is 9.59 Å². The van der Waals surface area contributed by atoms with Gasteiger partial charge in [-0.1, -0.05) is 18.2 Å². The standard InChI is InChI=1S/C12H15N3O4/c1-14(7-10(13)16)12(19)15(8-11(17)18)9-5-3-2-4-6-9/h2-6H,7-8H2,1H3,(H2,13,16)(H,17,18). The maximum Gasteiger partial charge on any atom is 0.325 e. The summed E-state index contributed by atoms with van der Waals surface area (Å²) in [5.41, 5.74) is 5.44. The Morgan fingerprint density at radius 2 is 1.74 bits per heavy atom. The maximum atomic E-state index is 12.1. The summed E-state index contributed by atoms with van der Waals surface area (Å²) in [5, 5.41) is 8.85. The normalized spacial score (nSPS) is 9.74. The van der Waals surface area contributed by atoms with Crippen LogP contribution >= 0.6 is 0 Å². The van der Waals surface area contributed by atoms with E-state index in [-0.39, 0.29) is 6.54 Å². The number of urea groups is 1. The fourth-order valence-electron chi connectivity index (χ4n) is 1.52. The molecule has 0 heterocycles. The van der Waals surface area contributed by atoms with Crippen LogP contribution in [0.5, 0.6) is 0 Å². The summed E-state index contributed by atoms with van der Waals surface area (Å²) in [5.74, 6) is -1.82. The number of carbonyl (C=O) groups excluding carboxylic acids is 2. The molecule has 102 valence electrons. The Hall–Kier alpha value is -2.57. The molecule has 0 atom stereocenters. The largest absolute Gasteiger partial charge is 0.480 e. The van der Waals surface area contributed by atoms with Gasteiger partial charge >= 0.3 is 12.0 Å². The molecular weight excluding hydrogens is 250 g/mol. The van der Waals surface area contributed by atoms with Crippen molar-refractivity contribution in [3.8, 4) is 0 Å². The molecule has 3 amide bonds. The number of rotatable bonds is 5. The van der Waals surface area contributed by atoms with Crippen LogP contribution in [0.2, 0.25) is 0 Å². The molecule has 1 aromatic rings. The first kappa shape index (κ1) is 14.5. The third-order valence-electron chi connectivity index (χ3n) is 2.31. The molecule has 0 aromatic heterocycles. The number of amides is 3. The van der Waals surface area contributed by atoms with Crippen molar-refractivity contribution in [3.05, 3.63) is 30.3 Å². The molecular formula is C12H15N3O4. The van der Waals surface area contributed by atoms with Gasteiger partial charge in [0.2, 0.25) is 5.91 Å². The molecule has 0 spiro atoms. The summed E-state index contributed by atoms with van der Waals surface area (Å²) >= 11 is 0. The number of carbonyl (C=O) groups is 3. The molecule has 0 aliphatic rings. The zero-order valence-corrected chi connectivity index (χ0v) is 10.4. The number of nitrogens with zero attached hydrogens (tertiary/aromatic N) is 2. The lowest BCUT2D eigenvalue weighted by atomic mass is 10.3. The molecule has 0 aliphatic heterocycles. The van der Waals surface area contributed by atoms with Crippen molar-refractivity contribution in [1.29, 1.82) is 0 Å². The third kappa shape index (κ3) is 4.30. The molecule has 1 aromatic carbocycles. The SMILES string of the molecule is CN(CC(N)=O)C(=O)N(CC(=O)O)c1ccccc1. The summed E-state index contributed by atoms with van der Waals surface area (Å²) in [7, 11) is 1.38. The van der Waals surface area contributed by atoms with Crippen molar-refractivity contribution in [2.75, 3.05) is 25.0 Å². The summed E-state index contributed by atoms with van der Waals surface area (Å²) in [6, 6.07) is 7.74. The van der Waals surface area contributed by atoms with Crippen molar-refractivity contribution in [2.45, 2.75) is 0 Å². The first-order valence-corrected chi connectivity index (χ1v) is 5.49. The van der Waals surface area contributed by atoms with Gasteiger partial charge in [0, 0.05) is 12.7 Å². The van der Waals surface area contributed by atoms with E-state index < -0.39 is 24.5 Å². The molecule has 0 saturated heterocycles. The Labute approximate surface area is 110 Å². The number of nitrogens with two attached hydrogens (primary N) is 1. The van der Waals surface area contributed by atoms with Crippen molar-refractivity contribution in [3.63, 3.8) is 0 Å². The van der Waals surface area contributed by atoms with Gasteiger partial charge in [-0.2, -0.15) is 0 Å². The lowest BCUT2D eigenvalue weighted by molar-refractivity contribution is -0.135. The lowest BCUT2D eigenvalue weighted by Crippen LogP contribution is -2.46. The maximum absolute atomic E-state index is 12.1. The van der Waals surface area contributed by atoms with Crippen LogP contribution in [0, 0.1) is 0 Å². The van der Waals surface area contributed by atoms with Gasteiger partial charge < -0.3 is 15.7 Å². The first-order valence-electron chi connectivity index (χ1n) is 5.49.